The summed E-state index contributed by atoms with van der Waals surface area (Å²) in [4.78, 5) is 4.61. The van der Waals surface area contributed by atoms with E-state index in [0.717, 1.165) is 93.9 Å². The van der Waals surface area contributed by atoms with Gasteiger partial charge in [0, 0.05) is 83.1 Å². The molecule has 7 heteroatoms. The van der Waals surface area contributed by atoms with E-state index >= 15 is 0 Å². The number of para-hydroxylation sites is 6. The van der Waals surface area contributed by atoms with E-state index in [1.165, 1.54) is 0 Å². The van der Waals surface area contributed by atoms with Crippen molar-refractivity contribution in [3.8, 4) is 50.4 Å². The minimum atomic E-state index is -0.808. The Morgan fingerprint density at radius 3 is 1.39 bits per heavy atom. The summed E-state index contributed by atoms with van der Waals surface area (Å²) in [6.07, 6.45) is 0. The lowest BCUT2D eigenvalue weighted by atomic mass is 9.33. The summed E-state index contributed by atoms with van der Waals surface area (Å²) >= 11 is 0. The van der Waals surface area contributed by atoms with Crippen LogP contribution in [0, 0.1) is 0 Å². The highest BCUT2D eigenvalue weighted by molar-refractivity contribution is 7.00. The first-order valence-corrected chi connectivity index (χ1v) is 35.4. The number of nitrogens with zero attached hydrogens (tertiary/aromatic N) is 5. The molecule has 0 radical (unpaired) electrons. The van der Waals surface area contributed by atoms with Crippen LogP contribution in [-0.4, -0.2) is 20.4 Å². The van der Waals surface area contributed by atoms with Gasteiger partial charge in [0.1, 0.15) is 11.2 Å². The Morgan fingerprint density at radius 2 is 0.790 bits per heavy atom. The van der Waals surface area contributed by atoms with Crippen LogP contribution in [0.2, 0.25) is 0 Å². The molecular weight excluding hydrogens is 1270 g/mol. The lowest BCUT2D eigenvalue weighted by Crippen LogP contribution is -2.61. The predicted octanol–water partition coefficient (Wildman–Crippen LogP) is 24.6. The molecule has 0 N–H and O–H groups in total. The lowest BCUT2D eigenvalue weighted by molar-refractivity contribution is 0.590. The topological polar surface area (TPSA) is 34.4 Å². The van der Waals surface area contributed by atoms with Gasteiger partial charge >= 0.3 is 0 Å². The summed E-state index contributed by atoms with van der Waals surface area (Å²) < 4.78 is 165. The van der Waals surface area contributed by atoms with E-state index in [1.54, 1.807) is 9.13 Å². The average Bonchev–Trinajstić information content (AvgIpc) is 1.54. The first-order chi connectivity index (χ1) is 58.0. The van der Waals surface area contributed by atoms with Gasteiger partial charge in [-0.25, -0.2) is 0 Å². The molecule has 2 aliphatic heterocycles. The molecule has 0 bridgehead atoms. The summed E-state index contributed by atoms with van der Waals surface area (Å²) in [5.74, 6) is 0. The Hall–Kier alpha value is -12.8. The largest absolute Gasteiger partial charge is 0.456 e. The fourth-order valence-electron chi connectivity index (χ4n) is 16.8. The molecule has 6 nitrogen and oxygen atoms in total. The van der Waals surface area contributed by atoms with Gasteiger partial charge in [0.05, 0.1) is 71.8 Å². The second kappa shape index (κ2) is 22.8. The molecule has 498 valence electrons. The summed E-state index contributed by atoms with van der Waals surface area (Å²) in [6.45, 7) is 12.3. The minimum Gasteiger partial charge on any atom is -0.456 e. The fraction of sp³-hybridized carbons (Fsp3) is 0.0816. The zero-order chi connectivity index (χ0) is 84.1. The van der Waals surface area contributed by atoms with Gasteiger partial charge in [-0.05, 0) is 169 Å². The monoisotopic (exact) mass is 1360 g/mol. The summed E-state index contributed by atoms with van der Waals surface area (Å²) in [5, 5.41) is 2.99. The first-order valence-electron chi connectivity index (χ1n) is 43.4. The van der Waals surface area contributed by atoms with Crippen LogP contribution < -0.4 is 26.2 Å². The molecule has 0 unspecified atom stereocenters. The molecule has 0 spiro atoms. The third kappa shape index (κ3) is 9.23. The van der Waals surface area contributed by atoms with Gasteiger partial charge in [-0.15, -0.1) is 0 Å². The maximum atomic E-state index is 9.95. The lowest BCUT2D eigenvalue weighted by Gasteiger charge is -2.45. The van der Waals surface area contributed by atoms with Gasteiger partial charge in [-0.1, -0.05) is 266 Å². The van der Waals surface area contributed by atoms with Crippen molar-refractivity contribution in [2.24, 2.45) is 0 Å². The third-order valence-electron chi connectivity index (χ3n) is 21.6. The molecule has 0 saturated heterocycles. The molecule has 6 heterocycles. The van der Waals surface area contributed by atoms with E-state index in [9.17, 15) is 16.4 Å². The first kappa shape index (κ1) is 46.6. The van der Waals surface area contributed by atoms with Crippen molar-refractivity contribution in [3.05, 3.63) is 338 Å². The quantitative estimate of drug-likeness (QED) is 0.142. The van der Waals surface area contributed by atoms with E-state index in [0.29, 0.717) is 61.9 Å². The molecule has 0 saturated carbocycles. The minimum absolute atomic E-state index is 0.0616. The number of fused-ring (bicyclic) bond motifs is 16. The van der Waals surface area contributed by atoms with Crippen molar-refractivity contribution in [2.75, 3.05) is 9.80 Å². The molecule has 21 rings (SSSR count). The molecule has 4 aromatic heterocycles. The van der Waals surface area contributed by atoms with Crippen LogP contribution in [0.15, 0.2) is 332 Å². The van der Waals surface area contributed by atoms with Crippen LogP contribution in [0.3, 0.4) is 0 Å². The SMILES string of the molecule is [2H]c1c([2H])c([2H])c2c(c1[2H])c1c([2H])c([2H])c([2H])c([2H])c1n2-c1ccc2c(c1)N(c1cc(-c3ccccc3)cc3oc4ccccc4c13)c1cc(-c3cccc(C(C)(C)C)c3)cc3c1B2c1ccc(-n2c4c([2H])c([2H])c([2H])c([2H])c4c4c([2H])c([2H])c([2H])c([2H])c42)cc1N3c1c(-c2ccccc2)ccc2c1c1ccccc1n2-c1ccc(C(C)(C)C)cc1. The smallest absolute Gasteiger partial charge is 0.252 e. The molecule has 105 heavy (non-hydrogen) atoms. The standard InChI is InChI=1S/C98H72BN5O/c1-97(2,3)66-44-46-68(47-45-66)100-84-42-23-17-36-76(84)94-85(100)53-50-71(62-28-11-8-12-29-62)96(94)104-87-60-70(102-82-40-21-15-34-74(82)75-35-16-22-41-83(75)102)49-52-79(87)99-78-51-48-69(101-80-38-19-13-32-72(80)73-33-14-20-39-81(73)101)59-86(78)103(89-56-64(57-90(104)95(89)99)63-30-25-31-67(54-63)98(4,5)6)88-55-65(61-26-9-7-10-27-61)58-92-93(88)77-37-18-24-43-91(77)105-92/h7-60H,1-6H3/i13D,14D,15D,16D,19D,20D,21D,22D,32D,33D,34D,35D,38D,39D,40D,41D. The zero-order valence-corrected chi connectivity index (χ0v) is 58.2. The Morgan fingerprint density at radius 1 is 0.305 bits per heavy atom. The molecule has 0 atom stereocenters. The maximum absolute atomic E-state index is 9.95. The maximum Gasteiger partial charge on any atom is 0.252 e. The van der Waals surface area contributed by atoms with Crippen LogP contribution >= 0.6 is 0 Å². The van der Waals surface area contributed by atoms with Gasteiger partial charge in [0.2, 0.25) is 0 Å². The van der Waals surface area contributed by atoms with Crippen molar-refractivity contribution >= 4 is 145 Å². The van der Waals surface area contributed by atoms with Crippen LogP contribution in [0.25, 0.3) is 138 Å². The molecule has 0 amide bonds. The fourth-order valence-corrected chi connectivity index (χ4v) is 16.8. The van der Waals surface area contributed by atoms with E-state index in [-0.39, 0.29) is 54.4 Å². The number of hydrogen-bond acceptors (Lipinski definition) is 3. The normalized spacial score (nSPS) is 15.1. The molecule has 0 fully saturated rings. The molecule has 2 aliphatic rings. The van der Waals surface area contributed by atoms with E-state index in [4.69, 9.17) is 9.90 Å². The van der Waals surface area contributed by atoms with Crippen molar-refractivity contribution < 1.29 is 26.3 Å². The average molecular weight is 1360 g/mol. The van der Waals surface area contributed by atoms with Crippen molar-refractivity contribution in [2.45, 2.75) is 52.4 Å². The van der Waals surface area contributed by atoms with E-state index in [2.05, 4.69) is 189 Å². The van der Waals surface area contributed by atoms with Gasteiger partial charge in [0.25, 0.3) is 6.71 Å². The second-order valence-electron chi connectivity index (χ2n) is 29.6. The predicted molar refractivity (Wildman–Crippen MR) is 444 cm³/mol. The Bertz CT molecular complexity index is 7680. The van der Waals surface area contributed by atoms with Crippen molar-refractivity contribution in [1.29, 1.82) is 0 Å². The van der Waals surface area contributed by atoms with Crippen LogP contribution in [0.1, 0.15) is 74.6 Å². The van der Waals surface area contributed by atoms with Gasteiger partial charge in [-0.3, -0.25) is 0 Å². The molecule has 15 aromatic carbocycles. The number of furan rings is 1. The summed E-state index contributed by atoms with van der Waals surface area (Å²) in [6, 6.07) is 70.3. The van der Waals surface area contributed by atoms with Crippen LogP contribution in [0.4, 0.5) is 34.1 Å². The molecule has 19 aromatic rings. The summed E-state index contributed by atoms with van der Waals surface area (Å²) in [7, 11) is 0. The number of rotatable bonds is 8. The highest BCUT2D eigenvalue weighted by atomic mass is 16.3. The molecular formula is C98H72BN5O. The second-order valence-corrected chi connectivity index (χ2v) is 29.6. The van der Waals surface area contributed by atoms with Crippen LogP contribution in [0.5, 0.6) is 0 Å². The van der Waals surface area contributed by atoms with Crippen LogP contribution in [-0.2, 0) is 10.8 Å². The van der Waals surface area contributed by atoms with Gasteiger partial charge in [-0.2, -0.15) is 0 Å². The van der Waals surface area contributed by atoms with Gasteiger partial charge < -0.3 is 27.9 Å². The highest BCUT2D eigenvalue weighted by Gasteiger charge is 2.46. The Kier molecular flexibility index (Phi) is 10.1. The Balaban J connectivity index is 0.986. The number of anilines is 6. The third-order valence-corrected chi connectivity index (χ3v) is 21.6. The number of aromatic nitrogens is 3. The Labute approximate surface area is 632 Å². The van der Waals surface area contributed by atoms with Gasteiger partial charge in [0.15, 0.2) is 0 Å². The van der Waals surface area contributed by atoms with Crippen molar-refractivity contribution in [3.63, 3.8) is 0 Å². The number of benzene rings is 15. The summed E-state index contributed by atoms with van der Waals surface area (Å²) in [5.41, 5.74) is 17.1. The molecule has 0 aliphatic carbocycles. The highest BCUT2D eigenvalue weighted by Crippen LogP contribution is 2.55. The van der Waals surface area contributed by atoms with Crippen molar-refractivity contribution in [1.82, 2.24) is 13.7 Å². The van der Waals surface area contributed by atoms with E-state index in [1.807, 2.05) is 97.1 Å². The van der Waals surface area contributed by atoms with E-state index < -0.39 is 103 Å². The zero-order valence-electron chi connectivity index (χ0n) is 74.2. The number of hydrogen-bond donors (Lipinski definition) is 0.